The number of aliphatic imine (C=N–C) groups is 1. The van der Waals surface area contributed by atoms with Gasteiger partial charge in [0.25, 0.3) is 0 Å². The lowest BCUT2D eigenvalue weighted by atomic mass is 9.69. The summed E-state index contributed by atoms with van der Waals surface area (Å²) in [5.74, 6) is 1.29. The van der Waals surface area contributed by atoms with Crippen LogP contribution >= 0.6 is 12.2 Å². The van der Waals surface area contributed by atoms with E-state index in [1.807, 2.05) is 0 Å². The number of thiocarbonyl (C=S) groups is 1. The van der Waals surface area contributed by atoms with E-state index in [-0.39, 0.29) is 5.41 Å². The number of hydrogen-bond donors (Lipinski definition) is 0. The zero-order chi connectivity index (χ0) is 20.4. The van der Waals surface area contributed by atoms with Gasteiger partial charge in [-0.2, -0.15) is 0 Å². The second-order valence-corrected chi connectivity index (χ2v) is 10.4. The van der Waals surface area contributed by atoms with Crippen LogP contribution in [0.25, 0.3) is 0 Å². The Bertz CT molecular complexity index is 756. The zero-order valence-corrected chi connectivity index (χ0v) is 19.2. The van der Waals surface area contributed by atoms with Crippen LogP contribution in [0.3, 0.4) is 0 Å². The molecule has 2 heterocycles. The first-order valence-corrected chi connectivity index (χ1v) is 12.9. The Morgan fingerprint density at radius 1 is 0.800 bits per heavy atom. The first-order valence-electron chi connectivity index (χ1n) is 12.5. The van der Waals surface area contributed by atoms with E-state index < -0.39 is 0 Å². The second kappa shape index (κ2) is 9.08. The summed E-state index contributed by atoms with van der Waals surface area (Å²) in [7, 11) is 0. The molecule has 3 nitrogen and oxygen atoms in total. The average molecular weight is 424 g/mol. The summed E-state index contributed by atoms with van der Waals surface area (Å²) in [6.07, 6.45) is 17.0. The Kier molecular flexibility index (Phi) is 6.24. The van der Waals surface area contributed by atoms with Crippen molar-refractivity contribution in [2.75, 3.05) is 18.0 Å². The fourth-order valence-corrected chi connectivity index (χ4v) is 7.04. The lowest BCUT2D eigenvalue weighted by Crippen LogP contribution is -2.52. The molecule has 1 aromatic carbocycles. The predicted octanol–water partition coefficient (Wildman–Crippen LogP) is 6.37. The number of rotatable bonds is 3. The van der Waals surface area contributed by atoms with E-state index in [4.69, 9.17) is 17.2 Å². The number of nitrogens with zero attached hydrogens (tertiary/aromatic N) is 3. The molecule has 0 unspecified atom stereocenters. The highest BCUT2D eigenvalue weighted by molar-refractivity contribution is 7.80. The Morgan fingerprint density at radius 2 is 1.43 bits per heavy atom. The SMILES string of the molecule is S=C1N(c2ccccc2)C(=NC2CCCCC2)[C@H](N2CCCCC2)C12CCCCC2. The largest absolute Gasteiger partial charge is 0.293 e. The molecule has 2 saturated heterocycles. The maximum atomic E-state index is 6.36. The van der Waals surface area contributed by atoms with Crippen molar-refractivity contribution in [2.45, 2.75) is 95.6 Å². The molecule has 1 spiro atoms. The standard InChI is InChI=1S/C26H37N3S/c30-25-26(17-9-3-10-18-26)23(28-19-11-4-12-20-28)24(27-21-13-5-1-6-14-21)29(25)22-15-7-2-8-16-22/h2,7-8,15-16,21,23H,1,3-6,9-14,17-20H2/t23-/m0/s1. The van der Waals surface area contributed by atoms with Crippen LogP contribution in [-0.4, -0.2) is 40.9 Å². The maximum Gasteiger partial charge on any atom is 0.127 e. The summed E-state index contributed by atoms with van der Waals surface area (Å²) < 4.78 is 0. The number of likely N-dealkylation sites (tertiary alicyclic amines) is 1. The predicted molar refractivity (Wildman–Crippen MR) is 131 cm³/mol. The van der Waals surface area contributed by atoms with Gasteiger partial charge in [-0.25, -0.2) is 0 Å². The van der Waals surface area contributed by atoms with Crippen molar-refractivity contribution in [3.8, 4) is 0 Å². The molecule has 2 aliphatic carbocycles. The minimum Gasteiger partial charge on any atom is -0.293 e. The molecule has 2 saturated carbocycles. The van der Waals surface area contributed by atoms with E-state index in [9.17, 15) is 0 Å². The second-order valence-electron chi connectivity index (χ2n) is 9.97. The van der Waals surface area contributed by atoms with Crippen LogP contribution in [-0.2, 0) is 0 Å². The van der Waals surface area contributed by atoms with Crippen molar-refractivity contribution in [3.05, 3.63) is 30.3 Å². The molecular weight excluding hydrogens is 386 g/mol. The van der Waals surface area contributed by atoms with Crippen molar-refractivity contribution in [2.24, 2.45) is 10.4 Å². The third-order valence-corrected chi connectivity index (χ3v) is 8.62. The highest BCUT2D eigenvalue weighted by Gasteiger charge is 2.57. The number of anilines is 1. The summed E-state index contributed by atoms with van der Waals surface area (Å²) in [6.45, 7) is 2.42. The lowest BCUT2D eigenvalue weighted by Gasteiger charge is -2.44. The molecule has 0 bridgehead atoms. The minimum absolute atomic E-state index is 0.105. The number of para-hydroxylation sites is 1. The quantitative estimate of drug-likeness (QED) is 0.526. The summed E-state index contributed by atoms with van der Waals surface area (Å²) in [5.41, 5.74) is 1.33. The fourth-order valence-electron chi connectivity index (χ4n) is 6.52. The molecule has 162 valence electrons. The minimum atomic E-state index is 0.105. The Morgan fingerprint density at radius 3 is 2.13 bits per heavy atom. The summed E-state index contributed by atoms with van der Waals surface area (Å²) in [6, 6.07) is 11.7. The van der Waals surface area contributed by atoms with Crippen molar-refractivity contribution in [1.82, 2.24) is 4.90 Å². The molecule has 1 aromatic rings. The molecule has 0 radical (unpaired) electrons. The van der Waals surface area contributed by atoms with E-state index in [0.717, 1.165) is 0 Å². The molecule has 0 amide bonds. The third kappa shape index (κ3) is 3.75. The van der Waals surface area contributed by atoms with Crippen LogP contribution in [0.2, 0.25) is 0 Å². The number of benzene rings is 1. The highest BCUT2D eigenvalue weighted by Crippen LogP contribution is 2.50. The van der Waals surface area contributed by atoms with E-state index in [0.29, 0.717) is 12.1 Å². The molecule has 4 heteroatoms. The van der Waals surface area contributed by atoms with E-state index in [2.05, 4.69) is 40.1 Å². The van der Waals surface area contributed by atoms with E-state index >= 15 is 0 Å². The number of amidine groups is 1. The first kappa shape index (κ1) is 20.6. The zero-order valence-electron chi connectivity index (χ0n) is 18.4. The summed E-state index contributed by atoms with van der Waals surface area (Å²) >= 11 is 6.36. The van der Waals surface area contributed by atoms with Gasteiger partial charge >= 0.3 is 0 Å². The van der Waals surface area contributed by atoms with Crippen molar-refractivity contribution < 1.29 is 0 Å². The van der Waals surface area contributed by atoms with E-state index in [1.165, 1.54) is 113 Å². The van der Waals surface area contributed by atoms with Crippen molar-refractivity contribution in [3.63, 3.8) is 0 Å². The lowest BCUT2D eigenvalue weighted by molar-refractivity contribution is 0.112. The van der Waals surface area contributed by atoms with Gasteiger partial charge in [-0.05, 0) is 63.7 Å². The third-order valence-electron chi connectivity index (χ3n) is 8.03. The van der Waals surface area contributed by atoms with Gasteiger partial charge in [0.2, 0.25) is 0 Å². The van der Waals surface area contributed by atoms with Gasteiger partial charge in [-0.15, -0.1) is 0 Å². The Hall–Kier alpha value is -1.26. The summed E-state index contributed by atoms with van der Waals surface area (Å²) in [4.78, 5) is 11.9. The van der Waals surface area contributed by atoms with Crippen LogP contribution in [0.1, 0.15) is 83.5 Å². The van der Waals surface area contributed by atoms with Gasteiger partial charge in [-0.1, -0.05) is 75.4 Å². The van der Waals surface area contributed by atoms with Gasteiger partial charge in [-0.3, -0.25) is 14.8 Å². The molecule has 4 aliphatic rings. The molecule has 5 rings (SSSR count). The molecule has 4 fully saturated rings. The molecule has 0 aromatic heterocycles. The Labute approximate surface area is 187 Å². The topological polar surface area (TPSA) is 18.8 Å². The van der Waals surface area contributed by atoms with Crippen LogP contribution in [0.5, 0.6) is 0 Å². The molecule has 2 aliphatic heterocycles. The smallest absolute Gasteiger partial charge is 0.127 e. The van der Waals surface area contributed by atoms with Gasteiger partial charge < -0.3 is 0 Å². The highest BCUT2D eigenvalue weighted by atomic mass is 32.1. The van der Waals surface area contributed by atoms with Crippen LogP contribution < -0.4 is 4.90 Å². The maximum absolute atomic E-state index is 6.36. The van der Waals surface area contributed by atoms with Gasteiger partial charge in [0.1, 0.15) is 5.84 Å². The van der Waals surface area contributed by atoms with Crippen molar-refractivity contribution in [1.29, 1.82) is 0 Å². The van der Waals surface area contributed by atoms with Gasteiger partial charge in [0.15, 0.2) is 0 Å². The summed E-state index contributed by atoms with van der Waals surface area (Å²) in [5, 5.41) is 0. The first-order chi connectivity index (χ1) is 14.8. The van der Waals surface area contributed by atoms with Gasteiger partial charge in [0.05, 0.1) is 17.1 Å². The molecule has 30 heavy (non-hydrogen) atoms. The molecule has 1 atom stereocenters. The average Bonchev–Trinajstić information content (AvgIpc) is 3.03. The van der Waals surface area contributed by atoms with Crippen LogP contribution in [0.15, 0.2) is 35.3 Å². The van der Waals surface area contributed by atoms with Crippen LogP contribution in [0.4, 0.5) is 5.69 Å². The van der Waals surface area contributed by atoms with Gasteiger partial charge in [0, 0.05) is 11.1 Å². The van der Waals surface area contributed by atoms with Crippen molar-refractivity contribution >= 4 is 28.7 Å². The van der Waals surface area contributed by atoms with E-state index in [1.54, 1.807) is 0 Å². The van der Waals surface area contributed by atoms with Crippen LogP contribution in [0, 0.1) is 5.41 Å². The Balaban J connectivity index is 1.61. The number of hydrogen-bond acceptors (Lipinski definition) is 3. The number of piperidine rings is 1. The monoisotopic (exact) mass is 423 g/mol. The molecule has 0 N–H and O–H groups in total. The normalized spacial score (nSPS) is 29.7. The fraction of sp³-hybridized carbons (Fsp3) is 0.692. The molecular formula is C26H37N3S.